The molecule has 1 aromatic carbocycles. The lowest BCUT2D eigenvalue weighted by Gasteiger charge is -2.16. The van der Waals surface area contributed by atoms with Crippen molar-refractivity contribution < 1.29 is 18.9 Å². The monoisotopic (exact) mass is 302 g/mol. The summed E-state index contributed by atoms with van der Waals surface area (Å²) in [4.78, 5) is 0. The highest BCUT2D eigenvalue weighted by Crippen LogP contribution is 2.38. The normalized spacial score (nSPS) is 16.2. The first-order valence-corrected chi connectivity index (χ1v) is 6.29. The highest BCUT2D eigenvalue weighted by Gasteiger charge is 2.23. The van der Waals surface area contributed by atoms with Gasteiger partial charge in [0.25, 0.3) is 0 Å². The van der Waals surface area contributed by atoms with E-state index < -0.39 is 0 Å². The van der Waals surface area contributed by atoms with E-state index in [1.54, 1.807) is 7.11 Å². The van der Waals surface area contributed by atoms with Crippen LogP contribution >= 0.6 is 15.9 Å². The number of hydrogen-bond acceptors (Lipinski definition) is 4. The molecule has 1 fully saturated rings. The second-order valence-corrected chi connectivity index (χ2v) is 4.39. The number of hydrogen-bond donors (Lipinski definition) is 0. The van der Waals surface area contributed by atoms with Crippen LogP contribution in [0.4, 0.5) is 0 Å². The fourth-order valence-corrected chi connectivity index (χ4v) is 2.21. The number of benzene rings is 1. The minimum Gasteiger partial charge on any atom is -0.493 e. The lowest BCUT2D eigenvalue weighted by atomic mass is 10.2. The largest absolute Gasteiger partial charge is 0.493 e. The van der Waals surface area contributed by atoms with E-state index in [0.29, 0.717) is 31.3 Å². The minimum atomic E-state index is -0.325. The van der Waals surface area contributed by atoms with E-state index in [4.69, 9.17) is 18.9 Å². The average Bonchev–Trinajstić information content (AvgIpc) is 2.84. The van der Waals surface area contributed by atoms with Crippen molar-refractivity contribution in [3.05, 3.63) is 22.2 Å². The zero-order valence-electron chi connectivity index (χ0n) is 9.86. The van der Waals surface area contributed by atoms with Gasteiger partial charge in [0.2, 0.25) is 0 Å². The standard InChI is InChI=1S/C12H15BrO4/c1-3-15-11-6-8(12-16-4-5-17-12)9(13)7-10(11)14-2/h6-7,12H,3-5H2,1-2H3. The lowest BCUT2D eigenvalue weighted by Crippen LogP contribution is -2.02. The van der Waals surface area contributed by atoms with E-state index in [1.165, 1.54) is 0 Å². The van der Waals surface area contributed by atoms with Crippen LogP contribution in [-0.2, 0) is 9.47 Å². The Labute approximate surface area is 109 Å². The Hall–Kier alpha value is -0.780. The third-order valence-corrected chi connectivity index (χ3v) is 3.15. The molecule has 0 N–H and O–H groups in total. The van der Waals surface area contributed by atoms with Crippen molar-refractivity contribution in [3.8, 4) is 11.5 Å². The maximum absolute atomic E-state index is 5.53. The molecule has 1 saturated heterocycles. The number of rotatable bonds is 4. The van der Waals surface area contributed by atoms with Gasteiger partial charge < -0.3 is 18.9 Å². The highest BCUT2D eigenvalue weighted by molar-refractivity contribution is 9.10. The van der Waals surface area contributed by atoms with E-state index in [-0.39, 0.29) is 6.29 Å². The summed E-state index contributed by atoms with van der Waals surface area (Å²) in [6.07, 6.45) is -0.325. The third kappa shape index (κ3) is 2.73. The summed E-state index contributed by atoms with van der Waals surface area (Å²) in [5.41, 5.74) is 0.923. The summed E-state index contributed by atoms with van der Waals surface area (Å²) in [6.45, 7) is 3.76. The first kappa shape index (κ1) is 12.7. The number of ether oxygens (including phenoxy) is 4. The van der Waals surface area contributed by atoms with Crippen molar-refractivity contribution in [1.29, 1.82) is 0 Å². The molecular weight excluding hydrogens is 288 g/mol. The molecule has 0 atom stereocenters. The number of halogens is 1. The van der Waals surface area contributed by atoms with Crippen molar-refractivity contribution in [1.82, 2.24) is 0 Å². The molecule has 94 valence electrons. The molecule has 0 aromatic heterocycles. The molecule has 17 heavy (non-hydrogen) atoms. The molecule has 1 aliphatic rings. The zero-order chi connectivity index (χ0) is 12.3. The molecule has 1 aromatic rings. The fourth-order valence-electron chi connectivity index (χ4n) is 1.70. The Balaban J connectivity index is 2.34. The Morgan fingerprint density at radius 3 is 2.59 bits per heavy atom. The lowest BCUT2D eigenvalue weighted by molar-refractivity contribution is -0.0448. The molecular formula is C12H15BrO4. The van der Waals surface area contributed by atoms with Crippen LogP contribution in [-0.4, -0.2) is 26.9 Å². The second-order valence-electron chi connectivity index (χ2n) is 3.53. The molecule has 0 radical (unpaired) electrons. The van der Waals surface area contributed by atoms with Gasteiger partial charge in [-0.25, -0.2) is 0 Å². The molecule has 2 rings (SSSR count). The van der Waals surface area contributed by atoms with Crippen molar-refractivity contribution in [3.63, 3.8) is 0 Å². The predicted molar refractivity (Wildman–Crippen MR) is 66.5 cm³/mol. The van der Waals surface area contributed by atoms with Gasteiger partial charge in [0, 0.05) is 10.0 Å². The van der Waals surface area contributed by atoms with Crippen LogP contribution in [0.3, 0.4) is 0 Å². The van der Waals surface area contributed by atoms with Gasteiger partial charge in [-0.2, -0.15) is 0 Å². The van der Waals surface area contributed by atoms with E-state index >= 15 is 0 Å². The maximum Gasteiger partial charge on any atom is 0.185 e. The van der Waals surface area contributed by atoms with Crippen LogP contribution in [0.15, 0.2) is 16.6 Å². The topological polar surface area (TPSA) is 36.9 Å². The quantitative estimate of drug-likeness (QED) is 0.857. The Bertz CT molecular complexity index is 388. The molecule has 1 aliphatic heterocycles. The second kappa shape index (κ2) is 5.71. The first-order chi connectivity index (χ1) is 8.26. The van der Waals surface area contributed by atoms with Crippen LogP contribution in [0.1, 0.15) is 18.8 Å². The Morgan fingerprint density at radius 2 is 2.00 bits per heavy atom. The molecule has 1 heterocycles. The van der Waals surface area contributed by atoms with Crippen molar-refractivity contribution in [2.75, 3.05) is 26.9 Å². The van der Waals surface area contributed by atoms with Crippen LogP contribution in [0, 0.1) is 0 Å². The van der Waals surface area contributed by atoms with Crippen molar-refractivity contribution in [2.24, 2.45) is 0 Å². The van der Waals surface area contributed by atoms with E-state index in [2.05, 4.69) is 15.9 Å². The summed E-state index contributed by atoms with van der Waals surface area (Å²) in [5.74, 6) is 1.40. The molecule has 0 unspecified atom stereocenters. The van der Waals surface area contributed by atoms with E-state index in [1.807, 2.05) is 19.1 Å². The zero-order valence-corrected chi connectivity index (χ0v) is 11.5. The van der Waals surface area contributed by atoms with E-state index in [9.17, 15) is 0 Å². The Morgan fingerprint density at radius 1 is 1.29 bits per heavy atom. The average molecular weight is 303 g/mol. The van der Waals surface area contributed by atoms with Gasteiger partial charge in [-0.1, -0.05) is 15.9 Å². The van der Waals surface area contributed by atoms with Gasteiger partial charge in [-0.3, -0.25) is 0 Å². The molecule has 0 bridgehead atoms. The predicted octanol–water partition coefficient (Wildman–Crippen LogP) is 2.90. The Kier molecular flexibility index (Phi) is 4.25. The van der Waals surface area contributed by atoms with Gasteiger partial charge in [0.1, 0.15) is 0 Å². The first-order valence-electron chi connectivity index (χ1n) is 5.49. The molecule has 5 heteroatoms. The van der Waals surface area contributed by atoms with Crippen LogP contribution in [0.5, 0.6) is 11.5 Å². The number of methoxy groups -OCH3 is 1. The van der Waals surface area contributed by atoms with Gasteiger partial charge >= 0.3 is 0 Å². The van der Waals surface area contributed by atoms with E-state index in [0.717, 1.165) is 10.0 Å². The smallest absolute Gasteiger partial charge is 0.185 e. The van der Waals surface area contributed by atoms with Gasteiger partial charge in [0.15, 0.2) is 17.8 Å². The highest BCUT2D eigenvalue weighted by atomic mass is 79.9. The summed E-state index contributed by atoms with van der Waals surface area (Å²) in [5, 5.41) is 0. The SMILES string of the molecule is CCOc1cc(C2OCCO2)c(Br)cc1OC. The molecule has 0 amide bonds. The summed E-state index contributed by atoms with van der Waals surface area (Å²) < 4.78 is 22.6. The molecule has 0 aliphatic carbocycles. The third-order valence-electron chi connectivity index (χ3n) is 2.46. The van der Waals surface area contributed by atoms with Crippen LogP contribution in [0.25, 0.3) is 0 Å². The van der Waals surface area contributed by atoms with Gasteiger partial charge in [-0.15, -0.1) is 0 Å². The van der Waals surface area contributed by atoms with Crippen molar-refractivity contribution in [2.45, 2.75) is 13.2 Å². The van der Waals surface area contributed by atoms with Crippen molar-refractivity contribution >= 4 is 15.9 Å². The van der Waals surface area contributed by atoms with Gasteiger partial charge in [-0.05, 0) is 19.1 Å². The van der Waals surface area contributed by atoms with Crippen LogP contribution < -0.4 is 9.47 Å². The molecule has 4 nitrogen and oxygen atoms in total. The summed E-state index contributed by atoms with van der Waals surface area (Å²) in [6, 6.07) is 3.76. The van der Waals surface area contributed by atoms with Crippen LogP contribution in [0.2, 0.25) is 0 Å². The molecule has 0 saturated carbocycles. The van der Waals surface area contributed by atoms with Gasteiger partial charge in [0.05, 0.1) is 26.9 Å². The minimum absolute atomic E-state index is 0.325. The molecule has 0 spiro atoms. The fraction of sp³-hybridized carbons (Fsp3) is 0.500. The summed E-state index contributed by atoms with van der Waals surface area (Å²) in [7, 11) is 1.62. The maximum atomic E-state index is 5.53. The summed E-state index contributed by atoms with van der Waals surface area (Å²) >= 11 is 3.49.